The molecule has 1 unspecified atom stereocenters. The Morgan fingerprint density at radius 3 is 2.31 bits per heavy atom. The molecule has 0 fully saturated rings. The van der Waals surface area contributed by atoms with Crippen LogP contribution in [0.4, 0.5) is 0 Å². The van der Waals surface area contributed by atoms with E-state index in [2.05, 4.69) is 19.1 Å². The molecule has 1 atom stereocenters. The highest BCUT2D eigenvalue weighted by Crippen LogP contribution is 2.24. The van der Waals surface area contributed by atoms with E-state index in [0.29, 0.717) is 19.6 Å². The van der Waals surface area contributed by atoms with Crippen LogP contribution >= 0.6 is 0 Å². The molecule has 1 aromatic carbocycles. The Hall–Kier alpha value is -1.06. The average Bonchev–Trinajstić information content (AvgIpc) is 2.16. The van der Waals surface area contributed by atoms with Crippen LogP contribution in [0, 0.1) is 20.8 Å². The number of aliphatic hydroxyl groups excluding tert-OH is 1. The zero-order valence-electron chi connectivity index (χ0n) is 10.3. The summed E-state index contributed by atoms with van der Waals surface area (Å²) in [5, 5.41) is 9.54. The molecule has 0 spiro atoms. The average molecular weight is 223 g/mol. The minimum atomic E-state index is -0.481. The molecule has 0 aliphatic rings. The molecule has 0 aliphatic carbocycles. The second kappa shape index (κ2) is 5.87. The Morgan fingerprint density at radius 1 is 1.25 bits per heavy atom. The highest BCUT2D eigenvalue weighted by molar-refractivity contribution is 5.42. The molecule has 0 radical (unpaired) electrons. The summed E-state index contributed by atoms with van der Waals surface area (Å²) in [6.45, 7) is 6.89. The molecule has 0 saturated heterocycles. The number of benzene rings is 1. The van der Waals surface area contributed by atoms with Crippen molar-refractivity contribution in [3.63, 3.8) is 0 Å². The van der Waals surface area contributed by atoms with E-state index in [-0.39, 0.29) is 0 Å². The molecule has 0 bridgehead atoms. The molecule has 0 aromatic heterocycles. The van der Waals surface area contributed by atoms with Gasteiger partial charge in [-0.2, -0.15) is 0 Å². The molecule has 90 valence electrons. The SMILES string of the molecule is Cc1cc(C)c(OCC(O)CCN)c(C)c1. The number of aliphatic hydroxyl groups is 1. The van der Waals surface area contributed by atoms with Gasteiger partial charge in [0.15, 0.2) is 0 Å². The molecule has 16 heavy (non-hydrogen) atoms. The number of aryl methyl sites for hydroxylation is 3. The highest BCUT2D eigenvalue weighted by Gasteiger charge is 2.08. The summed E-state index contributed by atoms with van der Waals surface area (Å²) in [6.07, 6.45) is 0.0920. The minimum absolute atomic E-state index is 0.307. The number of hydrogen-bond acceptors (Lipinski definition) is 3. The van der Waals surface area contributed by atoms with Gasteiger partial charge in [-0.1, -0.05) is 17.7 Å². The van der Waals surface area contributed by atoms with Crippen LogP contribution < -0.4 is 10.5 Å². The van der Waals surface area contributed by atoms with Gasteiger partial charge in [0.2, 0.25) is 0 Å². The summed E-state index contributed by atoms with van der Waals surface area (Å²) in [5.74, 6) is 0.877. The summed E-state index contributed by atoms with van der Waals surface area (Å²) in [4.78, 5) is 0. The lowest BCUT2D eigenvalue weighted by molar-refractivity contribution is 0.101. The van der Waals surface area contributed by atoms with Crippen LogP contribution in [-0.4, -0.2) is 24.4 Å². The van der Waals surface area contributed by atoms with Crippen molar-refractivity contribution < 1.29 is 9.84 Å². The van der Waals surface area contributed by atoms with E-state index >= 15 is 0 Å². The highest BCUT2D eigenvalue weighted by atomic mass is 16.5. The Labute approximate surface area is 97.2 Å². The quantitative estimate of drug-likeness (QED) is 0.799. The van der Waals surface area contributed by atoms with E-state index in [0.717, 1.165) is 16.9 Å². The van der Waals surface area contributed by atoms with Crippen LogP contribution in [0.2, 0.25) is 0 Å². The first-order valence-corrected chi connectivity index (χ1v) is 5.63. The third-order valence-corrected chi connectivity index (χ3v) is 2.52. The standard InChI is InChI=1S/C13H21NO2/c1-9-6-10(2)13(11(3)7-9)16-8-12(15)4-5-14/h6-7,12,15H,4-5,8,14H2,1-3H3. The number of ether oxygens (including phenoxy) is 1. The summed E-state index contributed by atoms with van der Waals surface area (Å²) in [6, 6.07) is 4.16. The topological polar surface area (TPSA) is 55.5 Å². The van der Waals surface area contributed by atoms with Gasteiger partial charge in [0.05, 0.1) is 6.10 Å². The minimum Gasteiger partial charge on any atom is -0.490 e. The van der Waals surface area contributed by atoms with Gasteiger partial charge in [-0.15, -0.1) is 0 Å². The summed E-state index contributed by atoms with van der Waals surface area (Å²) in [5.41, 5.74) is 8.81. The third kappa shape index (κ3) is 3.51. The van der Waals surface area contributed by atoms with Crippen LogP contribution in [0.25, 0.3) is 0 Å². The smallest absolute Gasteiger partial charge is 0.125 e. The molecule has 3 heteroatoms. The predicted octanol–water partition coefficient (Wildman–Crippen LogP) is 1.70. The fraction of sp³-hybridized carbons (Fsp3) is 0.538. The van der Waals surface area contributed by atoms with Crippen LogP contribution in [0.5, 0.6) is 5.75 Å². The maximum Gasteiger partial charge on any atom is 0.125 e. The lowest BCUT2D eigenvalue weighted by Crippen LogP contribution is -2.21. The maximum atomic E-state index is 9.54. The van der Waals surface area contributed by atoms with Gasteiger partial charge in [-0.3, -0.25) is 0 Å². The Bertz CT molecular complexity index is 327. The summed E-state index contributed by atoms with van der Waals surface area (Å²) in [7, 11) is 0. The van der Waals surface area contributed by atoms with Crippen LogP contribution in [0.15, 0.2) is 12.1 Å². The first kappa shape index (κ1) is 13.0. The predicted molar refractivity (Wildman–Crippen MR) is 65.8 cm³/mol. The molecule has 3 nitrogen and oxygen atoms in total. The van der Waals surface area contributed by atoms with Crippen molar-refractivity contribution in [1.29, 1.82) is 0 Å². The third-order valence-electron chi connectivity index (χ3n) is 2.52. The second-order valence-corrected chi connectivity index (χ2v) is 4.27. The first-order valence-electron chi connectivity index (χ1n) is 5.63. The fourth-order valence-electron chi connectivity index (χ4n) is 1.85. The molecule has 1 rings (SSSR count). The van der Waals surface area contributed by atoms with Gasteiger partial charge in [0.1, 0.15) is 12.4 Å². The monoisotopic (exact) mass is 223 g/mol. The lowest BCUT2D eigenvalue weighted by atomic mass is 10.1. The van der Waals surface area contributed by atoms with Gasteiger partial charge in [0.25, 0.3) is 0 Å². The first-order chi connectivity index (χ1) is 7.54. The van der Waals surface area contributed by atoms with Crippen molar-refractivity contribution in [2.45, 2.75) is 33.3 Å². The van der Waals surface area contributed by atoms with Crippen LogP contribution in [0.1, 0.15) is 23.1 Å². The van der Waals surface area contributed by atoms with Crippen molar-refractivity contribution in [1.82, 2.24) is 0 Å². The molecule has 0 amide bonds. The molecule has 3 N–H and O–H groups in total. The number of rotatable bonds is 5. The van der Waals surface area contributed by atoms with Gasteiger partial charge >= 0.3 is 0 Å². The van der Waals surface area contributed by atoms with Crippen molar-refractivity contribution in [3.05, 3.63) is 28.8 Å². The summed E-state index contributed by atoms with van der Waals surface area (Å²) >= 11 is 0. The zero-order valence-corrected chi connectivity index (χ0v) is 10.3. The largest absolute Gasteiger partial charge is 0.490 e. The fourth-order valence-corrected chi connectivity index (χ4v) is 1.85. The van der Waals surface area contributed by atoms with Crippen molar-refractivity contribution in [2.75, 3.05) is 13.2 Å². The van der Waals surface area contributed by atoms with E-state index in [9.17, 15) is 5.11 Å². The Morgan fingerprint density at radius 2 is 1.81 bits per heavy atom. The Kier molecular flexibility index (Phi) is 4.77. The number of nitrogens with two attached hydrogens (primary N) is 1. The van der Waals surface area contributed by atoms with Gasteiger partial charge in [-0.25, -0.2) is 0 Å². The van der Waals surface area contributed by atoms with Gasteiger partial charge in [0, 0.05) is 0 Å². The van der Waals surface area contributed by atoms with Gasteiger partial charge in [-0.05, 0) is 44.9 Å². The molecule has 0 saturated carbocycles. The normalized spacial score (nSPS) is 12.6. The van der Waals surface area contributed by atoms with E-state index in [1.807, 2.05) is 13.8 Å². The van der Waals surface area contributed by atoms with E-state index in [4.69, 9.17) is 10.5 Å². The lowest BCUT2D eigenvalue weighted by Gasteiger charge is -2.15. The van der Waals surface area contributed by atoms with Gasteiger partial charge < -0.3 is 15.6 Å². The van der Waals surface area contributed by atoms with Crippen molar-refractivity contribution >= 4 is 0 Å². The van der Waals surface area contributed by atoms with E-state index in [1.54, 1.807) is 0 Å². The Balaban J connectivity index is 2.67. The van der Waals surface area contributed by atoms with Crippen LogP contribution in [-0.2, 0) is 0 Å². The number of hydrogen-bond donors (Lipinski definition) is 2. The molecular formula is C13H21NO2. The molecule has 0 heterocycles. The van der Waals surface area contributed by atoms with E-state index < -0.39 is 6.10 Å². The summed E-state index contributed by atoms with van der Waals surface area (Å²) < 4.78 is 5.63. The van der Waals surface area contributed by atoms with Crippen molar-refractivity contribution in [3.8, 4) is 5.75 Å². The molecular weight excluding hydrogens is 202 g/mol. The maximum absolute atomic E-state index is 9.54. The van der Waals surface area contributed by atoms with E-state index in [1.165, 1.54) is 5.56 Å². The molecule has 1 aromatic rings. The van der Waals surface area contributed by atoms with Crippen molar-refractivity contribution in [2.24, 2.45) is 5.73 Å². The van der Waals surface area contributed by atoms with Crippen LogP contribution in [0.3, 0.4) is 0 Å². The second-order valence-electron chi connectivity index (χ2n) is 4.27. The molecule has 0 aliphatic heterocycles. The zero-order chi connectivity index (χ0) is 12.1.